The average Bonchev–Trinajstić information content (AvgIpc) is 1.82. The normalized spacial score (nSPS) is 8.10. The van der Waals surface area contributed by atoms with Crippen molar-refractivity contribution < 1.29 is 40.9 Å². The summed E-state index contributed by atoms with van der Waals surface area (Å²) >= 11 is 0. The van der Waals surface area contributed by atoms with Gasteiger partial charge >= 0.3 is 35.5 Å². The van der Waals surface area contributed by atoms with Crippen molar-refractivity contribution in [3.05, 3.63) is 12.2 Å². The summed E-state index contributed by atoms with van der Waals surface area (Å²) in [7, 11) is 0. The van der Waals surface area contributed by atoms with Crippen LogP contribution in [0.2, 0.25) is 0 Å². The average molecular weight is 152 g/mol. The van der Waals surface area contributed by atoms with E-state index >= 15 is 0 Å². The van der Waals surface area contributed by atoms with Gasteiger partial charge in [-0.05, 0) is 12.8 Å². The molecule has 0 saturated heterocycles. The molecule has 0 aromatic carbocycles. The van der Waals surface area contributed by atoms with Crippen LogP contribution >= 0.6 is 0 Å². The molecule has 0 spiro atoms. The van der Waals surface area contributed by atoms with Crippen LogP contribution in [0.25, 0.3) is 0 Å². The van der Waals surface area contributed by atoms with Gasteiger partial charge in [0.05, 0.1) is 0 Å². The Kier molecular flexibility index (Phi) is 9.40. The Hall–Kier alpha value is 0.210. The van der Waals surface area contributed by atoms with Crippen molar-refractivity contribution in [3.63, 3.8) is 0 Å². The molecule has 0 unspecified atom stereocenters. The number of hydrogen-bond donors (Lipinski definition) is 1. The zero-order chi connectivity index (χ0) is 7.28. The van der Waals surface area contributed by atoms with Crippen molar-refractivity contribution in [3.8, 4) is 0 Å². The van der Waals surface area contributed by atoms with Gasteiger partial charge in [0.15, 0.2) is 0 Å². The van der Waals surface area contributed by atoms with E-state index in [0.717, 1.165) is 12.8 Å². The summed E-state index contributed by atoms with van der Waals surface area (Å²) in [6.07, 6.45) is 2.56. The fourth-order valence-electron chi connectivity index (χ4n) is 0.497. The first-order valence-corrected chi connectivity index (χ1v) is 3.09. The Balaban J connectivity index is -0.000000320. The second kappa shape index (κ2) is 7.32. The maximum absolute atomic E-state index is 10.1. The van der Waals surface area contributed by atoms with Crippen LogP contribution in [0.4, 0.5) is 0 Å². The van der Waals surface area contributed by atoms with Crippen molar-refractivity contribution in [2.24, 2.45) is 0 Å². The van der Waals surface area contributed by atoms with Gasteiger partial charge in [0, 0.05) is 5.57 Å². The Morgan fingerprint density at radius 1 is 1.70 bits per heavy atom. The molecule has 0 rings (SSSR count). The van der Waals surface area contributed by atoms with Crippen LogP contribution < -0.4 is 29.6 Å². The SMILES string of the molecule is C=C(CCCC)C(=O)O.[H-].[Na+]. The van der Waals surface area contributed by atoms with Crippen LogP contribution in [-0.4, -0.2) is 11.1 Å². The first-order valence-electron chi connectivity index (χ1n) is 3.09. The van der Waals surface area contributed by atoms with Crippen molar-refractivity contribution in [2.45, 2.75) is 26.2 Å². The third-order valence-corrected chi connectivity index (χ3v) is 1.13. The topological polar surface area (TPSA) is 37.3 Å². The van der Waals surface area contributed by atoms with Gasteiger partial charge in [0.1, 0.15) is 0 Å². The number of hydrogen-bond acceptors (Lipinski definition) is 1. The number of carbonyl (C=O) groups is 1. The summed E-state index contributed by atoms with van der Waals surface area (Å²) in [6, 6.07) is 0. The largest absolute Gasteiger partial charge is 1.00 e. The van der Waals surface area contributed by atoms with Crippen LogP contribution in [-0.2, 0) is 4.79 Å². The van der Waals surface area contributed by atoms with E-state index in [2.05, 4.69) is 6.58 Å². The molecule has 0 heterocycles. The van der Waals surface area contributed by atoms with Gasteiger partial charge in [-0.1, -0.05) is 19.9 Å². The predicted octanol–water partition coefficient (Wildman–Crippen LogP) is -1.07. The van der Waals surface area contributed by atoms with Crippen LogP contribution in [0.5, 0.6) is 0 Å². The minimum atomic E-state index is -0.872. The maximum Gasteiger partial charge on any atom is 1.00 e. The van der Waals surface area contributed by atoms with Gasteiger partial charge in [0.2, 0.25) is 0 Å². The van der Waals surface area contributed by atoms with Crippen molar-refractivity contribution in [2.75, 3.05) is 0 Å². The quantitative estimate of drug-likeness (QED) is 0.411. The van der Waals surface area contributed by atoms with E-state index in [1.807, 2.05) is 6.92 Å². The summed E-state index contributed by atoms with van der Waals surface area (Å²) in [4.78, 5) is 10.1. The van der Waals surface area contributed by atoms with Crippen LogP contribution in [0, 0.1) is 0 Å². The maximum atomic E-state index is 10.1. The second-order valence-electron chi connectivity index (χ2n) is 2.01. The molecule has 0 aromatic heterocycles. The van der Waals surface area contributed by atoms with E-state index in [4.69, 9.17) is 5.11 Å². The molecule has 10 heavy (non-hydrogen) atoms. The van der Waals surface area contributed by atoms with Gasteiger partial charge in [-0.25, -0.2) is 4.79 Å². The van der Waals surface area contributed by atoms with Crippen LogP contribution in [0.15, 0.2) is 12.2 Å². The zero-order valence-electron chi connectivity index (χ0n) is 7.68. The summed E-state index contributed by atoms with van der Waals surface area (Å²) in [5.41, 5.74) is 0.317. The first kappa shape index (κ1) is 12.8. The Morgan fingerprint density at radius 2 is 2.20 bits per heavy atom. The molecule has 54 valence electrons. The van der Waals surface area contributed by atoms with Gasteiger partial charge in [-0.2, -0.15) is 0 Å². The minimum Gasteiger partial charge on any atom is -1.00 e. The molecule has 0 saturated carbocycles. The van der Waals surface area contributed by atoms with Gasteiger partial charge in [0.25, 0.3) is 0 Å². The summed E-state index contributed by atoms with van der Waals surface area (Å²) in [5, 5.41) is 8.31. The molecule has 0 aliphatic rings. The number of carboxylic acid groups (broad SMARTS) is 1. The van der Waals surface area contributed by atoms with E-state index < -0.39 is 5.97 Å². The van der Waals surface area contributed by atoms with Gasteiger partial charge < -0.3 is 6.53 Å². The van der Waals surface area contributed by atoms with E-state index in [1.54, 1.807) is 0 Å². The molecule has 0 radical (unpaired) electrons. The van der Waals surface area contributed by atoms with Crippen LogP contribution in [0.3, 0.4) is 0 Å². The van der Waals surface area contributed by atoms with Crippen molar-refractivity contribution >= 4 is 5.97 Å². The van der Waals surface area contributed by atoms with Crippen molar-refractivity contribution in [1.29, 1.82) is 0 Å². The molecule has 0 amide bonds. The molecule has 0 aromatic rings. The van der Waals surface area contributed by atoms with Gasteiger partial charge in [-0.15, -0.1) is 0 Å². The summed E-state index contributed by atoms with van der Waals surface area (Å²) in [6.45, 7) is 5.42. The molecule has 1 N–H and O–H groups in total. The molecular formula is C7H13NaO2. The van der Waals surface area contributed by atoms with Crippen molar-refractivity contribution in [1.82, 2.24) is 0 Å². The Morgan fingerprint density at radius 3 is 2.50 bits per heavy atom. The minimum absolute atomic E-state index is 0. The summed E-state index contributed by atoms with van der Waals surface area (Å²) < 4.78 is 0. The van der Waals surface area contributed by atoms with E-state index in [0.29, 0.717) is 12.0 Å². The number of aliphatic carboxylic acids is 1. The molecule has 3 heteroatoms. The third-order valence-electron chi connectivity index (χ3n) is 1.13. The fourth-order valence-corrected chi connectivity index (χ4v) is 0.497. The third kappa shape index (κ3) is 6.33. The molecule has 2 nitrogen and oxygen atoms in total. The second-order valence-corrected chi connectivity index (χ2v) is 2.01. The monoisotopic (exact) mass is 152 g/mol. The smallest absolute Gasteiger partial charge is 1.00 e. The molecule has 0 atom stereocenters. The standard InChI is InChI=1S/C7H12O2.Na.H/c1-3-4-5-6(2)7(8)9;;/h2-5H2,1H3,(H,8,9);;/q;+1;-1. The molecule has 0 aliphatic carbocycles. The van der Waals surface area contributed by atoms with Crippen LogP contribution in [0.1, 0.15) is 27.6 Å². The molecular weight excluding hydrogens is 139 g/mol. The number of rotatable bonds is 4. The Labute approximate surface area is 85.1 Å². The predicted molar refractivity (Wildman–Crippen MR) is 37.4 cm³/mol. The molecule has 0 fully saturated rings. The van der Waals surface area contributed by atoms with E-state index in [1.165, 1.54) is 0 Å². The van der Waals surface area contributed by atoms with E-state index in [9.17, 15) is 4.79 Å². The van der Waals surface area contributed by atoms with E-state index in [-0.39, 0.29) is 31.0 Å². The zero-order valence-corrected chi connectivity index (χ0v) is 8.68. The first-order chi connectivity index (χ1) is 4.18. The fraction of sp³-hybridized carbons (Fsp3) is 0.571. The molecule has 0 bridgehead atoms. The summed E-state index contributed by atoms with van der Waals surface area (Å²) in [5.74, 6) is -0.872. The van der Waals surface area contributed by atoms with Gasteiger partial charge in [-0.3, -0.25) is 0 Å². The number of carboxylic acids is 1. The number of unbranched alkanes of at least 4 members (excludes halogenated alkanes) is 1. The Bertz CT molecular complexity index is 126. The molecule has 0 aliphatic heterocycles.